The molecule has 0 amide bonds. The lowest BCUT2D eigenvalue weighted by Crippen LogP contribution is -2.74. The molecule has 0 saturated heterocycles. The molecule has 0 aliphatic carbocycles. The summed E-state index contributed by atoms with van der Waals surface area (Å²) in [6, 6.07) is 94.3. The summed E-state index contributed by atoms with van der Waals surface area (Å²) < 4.78 is 5.07. The summed E-state index contributed by atoms with van der Waals surface area (Å²) >= 11 is 0. The topological polar surface area (TPSA) is 9.86 Å². The van der Waals surface area contributed by atoms with Crippen molar-refractivity contribution in [2.75, 3.05) is 0 Å². The van der Waals surface area contributed by atoms with E-state index in [0.29, 0.717) is 0 Å². The molecule has 0 spiro atoms. The molecule has 12 rings (SSSR count). The van der Waals surface area contributed by atoms with Crippen LogP contribution in [-0.4, -0.2) is 17.2 Å². The van der Waals surface area contributed by atoms with Crippen molar-refractivity contribution in [1.82, 2.24) is 9.13 Å². The Labute approximate surface area is 368 Å². The summed E-state index contributed by atoms with van der Waals surface area (Å²) in [5.41, 5.74) is 11.8. The van der Waals surface area contributed by atoms with Gasteiger partial charge < -0.3 is 9.13 Å². The van der Waals surface area contributed by atoms with Crippen LogP contribution in [0.5, 0.6) is 0 Å². The normalized spacial score (nSPS) is 11.8. The Morgan fingerprint density at radius 3 is 1.43 bits per heavy atom. The first-order valence-corrected chi connectivity index (χ1v) is 23.8. The Hall–Kier alpha value is -7.98. The fourth-order valence-electron chi connectivity index (χ4n) is 10.3. The van der Waals surface area contributed by atoms with E-state index in [2.05, 4.69) is 264 Å². The van der Waals surface area contributed by atoms with E-state index in [9.17, 15) is 0 Å². The largest absolute Gasteiger partial charge is 0.307 e. The van der Waals surface area contributed by atoms with Crippen LogP contribution in [0.2, 0.25) is 0 Å². The van der Waals surface area contributed by atoms with Crippen LogP contribution in [0, 0.1) is 0 Å². The van der Waals surface area contributed by atoms with Gasteiger partial charge in [0.05, 0.1) is 33.4 Å². The predicted octanol–water partition coefficient (Wildman–Crippen LogP) is 12.6. The van der Waals surface area contributed by atoms with Gasteiger partial charge in [-0.05, 0) is 73.8 Å². The Kier molecular flexibility index (Phi) is 8.87. The van der Waals surface area contributed by atoms with Crippen LogP contribution in [0.3, 0.4) is 0 Å². The third kappa shape index (κ3) is 5.85. The second-order valence-electron chi connectivity index (χ2n) is 16.4. The zero-order chi connectivity index (χ0) is 41.7. The summed E-state index contributed by atoms with van der Waals surface area (Å²) in [7, 11) is -2.86. The van der Waals surface area contributed by atoms with Crippen molar-refractivity contribution in [3.63, 3.8) is 0 Å². The Morgan fingerprint density at radius 1 is 0.254 bits per heavy atom. The molecule has 0 atom stereocenters. The number of benzene rings is 10. The molecule has 3 heteroatoms. The molecule has 0 fully saturated rings. The number of hydrogen-bond acceptors (Lipinski definition) is 0. The SMILES string of the molecule is c1ccc(-c2ccc3c(c2)c2ccc([Si](c4ccccc4)(c4ccccc4)c4ccccc4)cc2n3-c2cccc3c4ccccc4n(-c4ccccc4-c4ccccc4)c23)cc1. The van der Waals surface area contributed by atoms with Gasteiger partial charge in [0.15, 0.2) is 8.07 Å². The van der Waals surface area contributed by atoms with E-state index in [4.69, 9.17) is 0 Å². The number of para-hydroxylation sites is 3. The summed E-state index contributed by atoms with van der Waals surface area (Å²) in [5.74, 6) is 0. The quantitative estimate of drug-likeness (QED) is 0.107. The van der Waals surface area contributed by atoms with E-state index in [1.165, 1.54) is 86.6 Å². The molecule has 0 aliphatic rings. The van der Waals surface area contributed by atoms with Crippen LogP contribution in [0.15, 0.2) is 255 Å². The van der Waals surface area contributed by atoms with Gasteiger partial charge in [0, 0.05) is 27.1 Å². The Morgan fingerprint density at radius 2 is 0.762 bits per heavy atom. The minimum absolute atomic E-state index is 1.14. The fraction of sp³-hybridized carbons (Fsp3) is 0. The van der Waals surface area contributed by atoms with E-state index in [0.717, 1.165) is 11.4 Å². The van der Waals surface area contributed by atoms with Gasteiger partial charge in [-0.15, -0.1) is 0 Å². The summed E-state index contributed by atoms with van der Waals surface area (Å²) in [6.07, 6.45) is 0. The number of hydrogen-bond donors (Lipinski definition) is 0. The minimum atomic E-state index is -2.86. The van der Waals surface area contributed by atoms with Crippen molar-refractivity contribution >= 4 is 72.4 Å². The van der Waals surface area contributed by atoms with Crippen molar-refractivity contribution in [1.29, 1.82) is 0 Å². The van der Waals surface area contributed by atoms with E-state index >= 15 is 0 Å². The van der Waals surface area contributed by atoms with Crippen LogP contribution < -0.4 is 20.7 Å². The third-order valence-electron chi connectivity index (χ3n) is 13.1. The van der Waals surface area contributed by atoms with Crippen LogP contribution in [0.4, 0.5) is 0 Å². The highest BCUT2D eigenvalue weighted by Gasteiger charge is 2.41. The van der Waals surface area contributed by atoms with E-state index in [1.54, 1.807) is 0 Å². The number of aromatic nitrogens is 2. The molecular formula is C60H42N2Si. The highest BCUT2D eigenvalue weighted by molar-refractivity contribution is 7.20. The zero-order valence-corrected chi connectivity index (χ0v) is 35.6. The molecule has 10 aromatic carbocycles. The van der Waals surface area contributed by atoms with Gasteiger partial charge in [0.2, 0.25) is 0 Å². The van der Waals surface area contributed by atoms with E-state index in [-0.39, 0.29) is 0 Å². The molecule has 296 valence electrons. The lowest BCUT2D eigenvalue weighted by Gasteiger charge is -2.34. The lowest BCUT2D eigenvalue weighted by molar-refractivity contribution is 1.13. The first-order valence-electron chi connectivity index (χ1n) is 21.8. The van der Waals surface area contributed by atoms with Gasteiger partial charge in [-0.2, -0.15) is 0 Å². The Balaban J connectivity index is 1.23. The molecule has 2 heterocycles. The maximum absolute atomic E-state index is 2.86. The summed E-state index contributed by atoms with van der Waals surface area (Å²) in [5, 5.41) is 10.3. The average molecular weight is 819 g/mol. The maximum atomic E-state index is 2.56. The standard InChI is InChI=1S/C60H42N2Si/c1-6-21-43(22-7-1)45-37-40-57-54(41-45)52-39-38-49(63(46-25-10-3-11-26-46,47-27-12-4-13-28-47)48-29-14-5-15-30-48)42-59(52)61(57)58-36-20-33-53-51-32-17-19-35-56(51)62(60(53)58)55-34-18-16-31-50(55)44-23-8-2-9-24-44/h1-42H. The molecule has 2 aromatic heterocycles. The van der Waals surface area contributed by atoms with Crippen molar-refractivity contribution < 1.29 is 0 Å². The summed E-state index contributed by atoms with van der Waals surface area (Å²) in [6.45, 7) is 0. The first kappa shape index (κ1) is 36.8. The van der Waals surface area contributed by atoms with Crippen molar-refractivity contribution in [3.8, 4) is 33.6 Å². The summed E-state index contributed by atoms with van der Waals surface area (Å²) in [4.78, 5) is 0. The molecule has 0 N–H and O–H groups in total. The van der Waals surface area contributed by atoms with Crippen molar-refractivity contribution in [2.45, 2.75) is 0 Å². The second kappa shape index (κ2) is 15.2. The molecule has 0 aliphatic heterocycles. The lowest BCUT2D eigenvalue weighted by atomic mass is 10.0. The van der Waals surface area contributed by atoms with Crippen LogP contribution in [0.25, 0.3) is 77.2 Å². The van der Waals surface area contributed by atoms with Crippen LogP contribution >= 0.6 is 0 Å². The smallest absolute Gasteiger partial charge is 0.179 e. The fourth-order valence-corrected chi connectivity index (χ4v) is 15.1. The highest BCUT2D eigenvalue weighted by atomic mass is 28.3. The zero-order valence-electron chi connectivity index (χ0n) is 34.6. The molecule has 0 saturated carbocycles. The third-order valence-corrected chi connectivity index (χ3v) is 17.8. The van der Waals surface area contributed by atoms with Gasteiger partial charge in [0.25, 0.3) is 0 Å². The minimum Gasteiger partial charge on any atom is -0.307 e. The number of rotatable bonds is 8. The van der Waals surface area contributed by atoms with Crippen molar-refractivity contribution in [3.05, 3.63) is 255 Å². The van der Waals surface area contributed by atoms with Crippen LogP contribution in [0.1, 0.15) is 0 Å². The molecule has 0 bridgehead atoms. The van der Waals surface area contributed by atoms with Crippen LogP contribution in [-0.2, 0) is 0 Å². The molecule has 0 radical (unpaired) electrons. The number of fused-ring (bicyclic) bond motifs is 6. The highest BCUT2D eigenvalue weighted by Crippen LogP contribution is 2.42. The number of nitrogens with zero attached hydrogens (tertiary/aromatic N) is 2. The predicted molar refractivity (Wildman–Crippen MR) is 270 cm³/mol. The maximum Gasteiger partial charge on any atom is 0.179 e. The van der Waals surface area contributed by atoms with Gasteiger partial charge in [-0.3, -0.25) is 0 Å². The monoisotopic (exact) mass is 818 g/mol. The van der Waals surface area contributed by atoms with E-state index in [1.807, 2.05) is 0 Å². The molecule has 63 heavy (non-hydrogen) atoms. The van der Waals surface area contributed by atoms with Gasteiger partial charge in [-0.1, -0.05) is 218 Å². The second-order valence-corrected chi connectivity index (χ2v) is 20.2. The molecular weight excluding hydrogens is 777 g/mol. The molecule has 0 unspecified atom stereocenters. The van der Waals surface area contributed by atoms with Gasteiger partial charge >= 0.3 is 0 Å². The Bertz CT molecular complexity index is 3500. The molecule has 12 aromatic rings. The van der Waals surface area contributed by atoms with Gasteiger partial charge in [0.1, 0.15) is 0 Å². The van der Waals surface area contributed by atoms with E-state index < -0.39 is 8.07 Å². The first-order chi connectivity index (χ1) is 31.3. The van der Waals surface area contributed by atoms with Crippen molar-refractivity contribution in [2.24, 2.45) is 0 Å². The molecule has 2 nitrogen and oxygen atoms in total. The van der Waals surface area contributed by atoms with Gasteiger partial charge in [-0.25, -0.2) is 0 Å². The average Bonchev–Trinajstić information content (AvgIpc) is 3.88.